The fourth-order valence-corrected chi connectivity index (χ4v) is 4.76. The summed E-state index contributed by atoms with van der Waals surface area (Å²) >= 11 is 0. The van der Waals surface area contributed by atoms with Crippen LogP contribution in [0.5, 0.6) is 0 Å². The molecular formula is C16H12FNO2S. The molecule has 0 saturated heterocycles. The highest BCUT2D eigenvalue weighted by atomic mass is 32.2. The number of sulfone groups is 1. The molecule has 106 valence electrons. The molecule has 3 rings (SSSR count). The van der Waals surface area contributed by atoms with Crippen molar-refractivity contribution in [3.63, 3.8) is 0 Å². The molecule has 0 spiro atoms. The van der Waals surface area contributed by atoms with Gasteiger partial charge in [0.05, 0.1) is 22.1 Å². The van der Waals surface area contributed by atoms with Crippen molar-refractivity contribution in [3.8, 4) is 6.07 Å². The largest absolute Gasteiger partial charge is 0.223 e. The number of nitrogens with zero attached hydrogens (tertiary/aromatic N) is 1. The van der Waals surface area contributed by atoms with Gasteiger partial charge in [-0.3, -0.25) is 0 Å². The zero-order valence-corrected chi connectivity index (χ0v) is 11.8. The molecule has 1 fully saturated rings. The van der Waals surface area contributed by atoms with E-state index in [1.165, 1.54) is 24.3 Å². The van der Waals surface area contributed by atoms with Crippen LogP contribution in [0.4, 0.5) is 4.39 Å². The third kappa shape index (κ3) is 2.32. The molecule has 3 atom stereocenters. The first-order valence-electron chi connectivity index (χ1n) is 6.50. The van der Waals surface area contributed by atoms with E-state index in [1.807, 2.05) is 0 Å². The summed E-state index contributed by atoms with van der Waals surface area (Å²) in [6, 6.07) is 15.8. The average molecular weight is 301 g/mol. The molecule has 5 heteroatoms. The van der Waals surface area contributed by atoms with Gasteiger partial charge in [-0.05, 0) is 29.8 Å². The van der Waals surface area contributed by atoms with Crippen LogP contribution in [-0.2, 0) is 9.84 Å². The minimum atomic E-state index is -3.55. The standard InChI is InChI=1S/C16H12FNO2S/c17-12-8-6-11(7-9-12)15-14(10-18)16(15)21(19,20)13-4-2-1-3-5-13/h1-9,14-16H/t14-,15-,16+/m1/s1. The van der Waals surface area contributed by atoms with Gasteiger partial charge in [-0.15, -0.1) is 0 Å². The third-order valence-corrected chi connectivity index (χ3v) is 6.02. The van der Waals surface area contributed by atoms with Gasteiger partial charge in [-0.2, -0.15) is 5.26 Å². The Morgan fingerprint density at radius 2 is 1.62 bits per heavy atom. The molecule has 0 bridgehead atoms. The lowest BCUT2D eigenvalue weighted by atomic mass is 10.1. The highest BCUT2D eigenvalue weighted by Crippen LogP contribution is 2.53. The maximum atomic E-state index is 13.0. The summed E-state index contributed by atoms with van der Waals surface area (Å²) in [7, 11) is -3.55. The first kappa shape index (κ1) is 13.8. The quantitative estimate of drug-likeness (QED) is 0.876. The molecule has 0 aromatic heterocycles. The van der Waals surface area contributed by atoms with E-state index in [0.717, 1.165) is 0 Å². The second-order valence-electron chi connectivity index (χ2n) is 5.05. The monoisotopic (exact) mass is 301 g/mol. The molecular weight excluding hydrogens is 289 g/mol. The van der Waals surface area contributed by atoms with Crippen molar-refractivity contribution in [1.29, 1.82) is 5.26 Å². The molecule has 1 saturated carbocycles. The minimum absolute atomic E-state index is 0.222. The molecule has 0 radical (unpaired) electrons. The van der Waals surface area contributed by atoms with E-state index in [4.69, 9.17) is 0 Å². The highest BCUT2D eigenvalue weighted by molar-refractivity contribution is 7.92. The van der Waals surface area contributed by atoms with Crippen molar-refractivity contribution in [1.82, 2.24) is 0 Å². The van der Waals surface area contributed by atoms with Crippen LogP contribution >= 0.6 is 0 Å². The zero-order valence-electron chi connectivity index (χ0n) is 11.0. The van der Waals surface area contributed by atoms with Crippen molar-refractivity contribution in [2.45, 2.75) is 16.1 Å². The van der Waals surface area contributed by atoms with Crippen molar-refractivity contribution in [2.24, 2.45) is 5.92 Å². The smallest absolute Gasteiger partial charge is 0.183 e. The van der Waals surface area contributed by atoms with Crippen LogP contribution in [0.25, 0.3) is 0 Å². The van der Waals surface area contributed by atoms with Gasteiger partial charge in [-0.25, -0.2) is 12.8 Å². The number of hydrogen-bond donors (Lipinski definition) is 0. The Labute approximate surface area is 122 Å². The fraction of sp³-hybridized carbons (Fsp3) is 0.188. The lowest BCUT2D eigenvalue weighted by Crippen LogP contribution is -2.10. The summed E-state index contributed by atoms with van der Waals surface area (Å²) in [6.07, 6.45) is 0. The van der Waals surface area contributed by atoms with Gasteiger partial charge in [0.1, 0.15) is 5.82 Å². The topological polar surface area (TPSA) is 57.9 Å². The Morgan fingerprint density at radius 3 is 2.19 bits per heavy atom. The number of nitriles is 1. The molecule has 0 N–H and O–H groups in total. The molecule has 0 unspecified atom stereocenters. The molecule has 0 aliphatic heterocycles. The summed E-state index contributed by atoms with van der Waals surface area (Å²) in [4.78, 5) is 0.222. The average Bonchev–Trinajstić information content (AvgIpc) is 3.24. The molecule has 3 nitrogen and oxygen atoms in total. The van der Waals surface area contributed by atoms with Crippen molar-refractivity contribution in [3.05, 3.63) is 66.0 Å². The fourth-order valence-electron chi connectivity index (χ4n) is 2.67. The van der Waals surface area contributed by atoms with Crippen molar-refractivity contribution < 1.29 is 12.8 Å². The van der Waals surface area contributed by atoms with Crippen LogP contribution in [0.2, 0.25) is 0 Å². The first-order chi connectivity index (χ1) is 10.1. The summed E-state index contributed by atoms with van der Waals surface area (Å²) in [6.45, 7) is 0. The van der Waals surface area contributed by atoms with E-state index in [2.05, 4.69) is 6.07 Å². The van der Waals surface area contributed by atoms with Crippen molar-refractivity contribution in [2.75, 3.05) is 0 Å². The van der Waals surface area contributed by atoms with E-state index < -0.39 is 21.0 Å². The second kappa shape index (κ2) is 4.97. The van der Waals surface area contributed by atoms with Crippen molar-refractivity contribution >= 4 is 9.84 Å². The summed E-state index contributed by atoms with van der Waals surface area (Å²) < 4.78 is 38.1. The number of hydrogen-bond acceptors (Lipinski definition) is 3. The van der Waals surface area contributed by atoms with Gasteiger partial charge < -0.3 is 0 Å². The van der Waals surface area contributed by atoms with E-state index in [0.29, 0.717) is 5.56 Å². The van der Waals surface area contributed by atoms with Gasteiger partial charge in [0.25, 0.3) is 0 Å². The van der Waals surface area contributed by atoms with Crippen LogP contribution in [-0.4, -0.2) is 13.7 Å². The lowest BCUT2D eigenvalue weighted by Gasteiger charge is -2.03. The van der Waals surface area contributed by atoms with E-state index in [-0.39, 0.29) is 16.6 Å². The SMILES string of the molecule is N#C[C@@H]1[C@@H](c2ccc(F)cc2)[C@H]1S(=O)(=O)c1ccccc1. The first-order valence-corrected chi connectivity index (χ1v) is 8.04. The Morgan fingerprint density at radius 1 is 1.00 bits per heavy atom. The Bertz CT molecular complexity index is 794. The van der Waals surface area contributed by atoms with Gasteiger partial charge in [0, 0.05) is 5.92 Å². The second-order valence-corrected chi connectivity index (χ2v) is 7.16. The predicted molar refractivity (Wildman–Crippen MR) is 75.7 cm³/mol. The number of benzene rings is 2. The van der Waals surface area contributed by atoms with Gasteiger partial charge >= 0.3 is 0 Å². The van der Waals surface area contributed by atoms with Crippen LogP contribution in [0.1, 0.15) is 11.5 Å². The predicted octanol–water partition coefficient (Wildman–Crippen LogP) is 2.91. The Hall–Kier alpha value is -2.19. The van der Waals surface area contributed by atoms with Crippen LogP contribution in [0.3, 0.4) is 0 Å². The zero-order chi connectivity index (χ0) is 15.0. The minimum Gasteiger partial charge on any atom is -0.223 e. The Kier molecular flexibility index (Phi) is 3.26. The summed E-state index contributed by atoms with van der Waals surface area (Å²) in [5, 5.41) is 8.43. The third-order valence-electron chi connectivity index (χ3n) is 3.79. The van der Waals surface area contributed by atoms with E-state index in [1.54, 1.807) is 30.3 Å². The summed E-state index contributed by atoms with van der Waals surface area (Å²) in [5.74, 6) is -1.35. The molecule has 21 heavy (non-hydrogen) atoms. The summed E-state index contributed by atoms with van der Waals surface area (Å²) in [5.41, 5.74) is 0.687. The number of halogens is 1. The maximum Gasteiger partial charge on any atom is 0.183 e. The van der Waals surface area contributed by atoms with Crippen LogP contribution in [0.15, 0.2) is 59.5 Å². The van der Waals surface area contributed by atoms with E-state index in [9.17, 15) is 18.1 Å². The lowest BCUT2D eigenvalue weighted by molar-refractivity contribution is 0.593. The molecule has 0 heterocycles. The number of rotatable bonds is 3. The van der Waals surface area contributed by atoms with Gasteiger partial charge in [-0.1, -0.05) is 30.3 Å². The van der Waals surface area contributed by atoms with Gasteiger partial charge in [0.2, 0.25) is 0 Å². The molecule has 1 aliphatic rings. The normalized spacial score (nSPS) is 24.3. The van der Waals surface area contributed by atoms with Gasteiger partial charge in [0.15, 0.2) is 9.84 Å². The molecule has 1 aliphatic carbocycles. The molecule has 2 aromatic carbocycles. The molecule has 2 aromatic rings. The highest BCUT2D eigenvalue weighted by Gasteiger charge is 2.59. The van der Waals surface area contributed by atoms with Crippen LogP contribution in [0, 0.1) is 23.1 Å². The Balaban J connectivity index is 1.96. The molecule has 0 amide bonds. The maximum absolute atomic E-state index is 13.0. The van der Waals surface area contributed by atoms with Crippen LogP contribution < -0.4 is 0 Å². The van der Waals surface area contributed by atoms with E-state index >= 15 is 0 Å².